The van der Waals surface area contributed by atoms with Gasteiger partial charge in [0.1, 0.15) is 0 Å². The lowest BCUT2D eigenvalue weighted by Crippen LogP contribution is -2.44. The van der Waals surface area contributed by atoms with Crippen molar-refractivity contribution in [3.05, 3.63) is 22.4 Å². The molecule has 0 aliphatic carbocycles. The third-order valence-electron chi connectivity index (χ3n) is 2.63. The highest BCUT2D eigenvalue weighted by atomic mass is 32.1. The molecule has 0 amide bonds. The Balaban J connectivity index is 2.36. The van der Waals surface area contributed by atoms with E-state index in [0.717, 1.165) is 12.5 Å². The summed E-state index contributed by atoms with van der Waals surface area (Å²) in [6.07, 6.45) is 0. The summed E-state index contributed by atoms with van der Waals surface area (Å²) in [5, 5.41) is 8.73. The van der Waals surface area contributed by atoms with E-state index in [1.165, 1.54) is 4.88 Å². The fourth-order valence-corrected chi connectivity index (χ4v) is 2.43. The standard InChI is InChI=1S/C13H23N3OS/c1-10(12-6-5-7-18-12)8-15-13(14-3)16-11(2)9-17-4/h5-7,10-11H,8-9H2,1-4H3,(H2,14,15,16). The molecule has 0 bridgehead atoms. The summed E-state index contributed by atoms with van der Waals surface area (Å²) in [4.78, 5) is 5.60. The zero-order valence-electron chi connectivity index (χ0n) is 11.6. The Hall–Kier alpha value is -1.07. The van der Waals surface area contributed by atoms with E-state index in [9.17, 15) is 0 Å². The molecule has 0 aromatic carbocycles. The quantitative estimate of drug-likeness (QED) is 0.614. The molecule has 1 rings (SSSR count). The topological polar surface area (TPSA) is 45.7 Å². The van der Waals surface area contributed by atoms with Gasteiger partial charge in [-0.1, -0.05) is 13.0 Å². The molecule has 1 heterocycles. The van der Waals surface area contributed by atoms with Gasteiger partial charge in [0.2, 0.25) is 0 Å². The lowest BCUT2D eigenvalue weighted by Gasteiger charge is -2.18. The van der Waals surface area contributed by atoms with Crippen LogP contribution < -0.4 is 10.6 Å². The third kappa shape index (κ3) is 5.06. The molecule has 18 heavy (non-hydrogen) atoms. The van der Waals surface area contributed by atoms with Crippen molar-refractivity contribution in [2.75, 3.05) is 27.3 Å². The van der Waals surface area contributed by atoms with Gasteiger partial charge in [-0.15, -0.1) is 11.3 Å². The highest BCUT2D eigenvalue weighted by Crippen LogP contribution is 2.19. The van der Waals surface area contributed by atoms with E-state index in [-0.39, 0.29) is 6.04 Å². The molecule has 102 valence electrons. The van der Waals surface area contributed by atoms with Gasteiger partial charge in [-0.05, 0) is 18.4 Å². The van der Waals surface area contributed by atoms with E-state index in [1.54, 1.807) is 25.5 Å². The van der Waals surface area contributed by atoms with E-state index in [0.29, 0.717) is 12.5 Å². The molecule has 1 aromatic heterocycles. The Morgan fingerprint density at radius 3 is 2.83 bits per heavy atom. The van der Waals surface area contributed by atoms with E-state index in [2.05, 4.69) is 47.0 Å². The summed E-state index contributed by atoms with van der Waals surface area (Å²) < 4.78 is 5.09. The van der Waals surface area contributed by atoms with Gasteiger partial charge in [-0.3, -0.25) is 4.99 Å². The van der Waals surface area contributed by atoms with Crippen LogP contribution in [0.25, 0.3) is 0 Å². The maximum absolute atomic E-state index is 5.09. The first-order valence-electron chi connectivity index (χ1n) is 6.17. The number of methoxy groups -OCH3 is 1. The van der Waals surface area contributed by atoms with E-state index < -0.39 is 0 Å². The summed E-state index contributed by atoms with van der Waals surface area (Å²) in [6.45, 7) is 5.82. The van der Waals surface area contributed by atoms with Crippen LogP contribution in [-0.4, -0.2) is 39.3 Å². The molecule has 2 N–H and O–H groups in total. The molecule has 0 spiro atoms. The van der Waals surface area contributed by atoms with Crippen LogP contribution in [0.1, 0.15) is 24.6 Å². The molecule has 0 radical (unpaired) electrons. The highest BCUT2D eigenvalue weighted by molar-refractivity contribution is 7.10. The summed E-state index contributed by atoms with van der Waals surface area (Å²) in [7, 11) is 3.48. The Kier molecular flexibility index (Phi) is 6.75. The minimum atomic E-state index is 0.248. The van der Waals surface area contributed by atoms with Gasteiger partial charge < -0.3 is 15.4 Å². The number of thiophene rings is 1. The number of nitrogens with one attached hydrogen (secondary N) is 2. The molecule has 0 saturated heterocycles. The number of rotatable bonds is 6. The van der Waals surface area contributed by atoms with Crippen LogP contribution in [0.15, 0.2) is 22.5 Å². The number of ether oxygens (including phenoxy) is 1. The molecule has 0 fully saturated rings. The normalized spacial score (nSPS) is 15.2. The maximum atomic E-state index is 5.09. The van der Waals surface area contributed by atoms with Crippen LogP contribution in [0.5, 0.6) is 0 Å². The van der Waals surface area contributed by atoms with Crippen molar-refractivity contribution in [2.24, 2.45) is 4.99 Å². The molecule has 0 aliphatic heterocycles. The molecule has 5 heteroatoms. The van der Waals surface area contributed by atoms with E-state index in [4.69, 9.17) is 4.74 Å². The summed E-state index contributed by atoms with van der Waals surface area (Å²) in [5.74, 6) is 1.31. The zero-order valence-corrected chi connectivity index (χ0v) is 12.4. The average Bonchev–Trinajstić information content (AvgIpc) is 2.88. The first kappa shape index (κ1) is 15.0. The summed E-state index contributed by atoms with van der Waals surface area (Å²) in [5.41, 5.74) is 0. The monoisotopic (exact) mass is 269 g/mol. The highest BCUT2D eigenvalue weighted by Gasteiger charge is 2.09. The van der Waals surface area contributed by atoms with Crippen LogP contribution in [0.4, 0.5) is 0 Å². The largest absolute Gasteiger partial charge is 0.383 e. The van der Waals surface area contributed by atoms with E-state index in [1.807, 2.05) is 0 Å². The van der Waals surface area contributed by atoms with Gasteiger partial charge in [0.25, 0.3) is 0 Å². The predicted octanol–water partition coefficient (Wildman–Crippen LogP) is 2.05. The molecule has 4 nitrogen and oxygen atoms in total. The minimum Gasteiger partial charge on any atom is -0.383 e. The van der Waals surface area contributed by atoms with Crippen molar-refractivity contribution in [1.29, 1.82) is 0 Å². The van der Waals surface area contributed by atoms with Crippen molar-refractivity contribution >= 4 is 17.3 Å². The minimum absolute atomic E-state index is 0.248. The van der Waals surface area contributed by atoms with Crippen LogP contribution in [0, 0.1) is 0 Å². The fraction of sp³-hybridized carbons (Fsp3) is 0.615. The molecule has 0 saturated carbocycles. The van der Waals surface area contributed by atoms with Gasteiger partial charge in [-0.2, -0.15) is 0 Å². The Morgan fingerprint density at radius 1 is 1.50 bits per heavy atom. The molecular formula is C13H23N3OS. The summed E-state index contributed by atoms with van der Waals surface area (Å²) in [6, 6.07) is 4.50. The molecule has 0 aliphatic rings. The number of hydrogen-bond donors (Lipinski definition) is 2. The van der Waals surface area contributed by atoms with Gasteiger partial charge >= 0.3 is 0 Å². The zero-order chi connectivity index (χ0) is 13.4. The third-order valence-corrected chi connectivity index (χ3v) is 3.73. The average molecular weight is 269 g/mol. The Morgan fingerprint density at radius 2 is 2.28 bits per heavy atom. The second kappa shape index (κ2) is 8.11. The second-order valence-electron chi connectivity index (χ2n) is 4.37. The van der Waals surface area contributed by atoms with Crippen molar-refractivity contribution in [1.82, 2.24) is 10.6 Å². The van der Waals surface area contributed by atoms with Gasteiger partial charge in [0, 0.05) is 37.5 Å². The van der Waals surface area contributed by atoms with Gasteiger partial charge in [0.15, 0.2) is 5.96 Å². The number of guanidine groups is 1. The lowest BCUT2D eigenvalue weighted by molar-refractivity contribution is 0.179. The van der Waals surface area contributed by atoms with Crippen molar-refractivity contribution < 1.29 is 4.74 Å². The van der Waals surface area contributed by atoms with E-state index >= 15 is 0 Å². The predicted molar refractivity (Wildman–Crippen MR) is 78.6 cm³/mol. The van der Waals surface area contributed by atoms with Crippen molar-refractivity contribution in [3.63, 3.8) is 0 Å². The maximum Gasteiger partial charge on any atom is 0.191 e. The second-order valence-corrected chi connectivity index (χ2v) is 5.35. The fourth-order valence-electron chi connectivity index (χ4n) is 1.64. The van der Waals surface area contributed by atoms with Crippen LogP contribution in [0.2, 0.25) is 0 Å². The van der Waals surface area contributed by atoms with Crippen molar-refractivity contribution in [3.8, 4) is 0 Å². The molecular weight excluding hydrogens is 246 g/mol. The molecule has 2 unspecified atom stereocenters. The Bertz CT molecular complexity index is 351. The smallest absolute Gasteiger partial charge is 0.191 e. The first-order chi connectivity index (χ1) is 8.67. The summed E-state index contributed by atoms with van der Waals surface area (Å²) >= 11 is 1.79. The van der Waals surface area contributed by atoms with Gasteiger partial charge in [0.05, 0.1) is 6.61 Å². The number of nitrogens with zero attached hydrogens (tertiary/aromatic N) is 1. The van der Waals surface area contributed by atoms with Crippen LogP contribution >= 0.6 is 11.3 Å². The van der Waals surface area contributed by atoms with Crippen LogP contribution in [0.3, 0.4) is 0 Å². The molecule has 2 atom stereocenters. The Labute approximate surface area is 113 Å². The van der Waals surface area contributed by atoms with Crippen LogP contribution in [-0.2, 0) is 4.74 Å². The van der Waals surface area contributed by atoms with Crippen molar-refractivity contribution in [2.45, 2.75) is 25.8 Å². The molecule has 1 aromatic rings. The first-order valence-corrected chi connectivity index (χ1v) is 7.04. The lowest BCUT2D eigenvalue weighted by atomic mass is 10.1. The number of hydrogen-bond acceptors (Lipinski definition) is 3. The SMILES string of the molecule is CN=C(NCC(C)c1cccs1)NC(C)COC. The number of aliphatic imine (C=N–C) groups is 1. The van der Waals surface area contributed by atoms with Gasteiger partial charge in [-0.25, -0.2) is 0 Å².